The lowest BCUT2D eigenvalue weighted by atomic mass is 9.74. The van der Waals surface area contributed by atoms with Crippen LogP contribution in [-0.2, 0) is 23.9 Å². The van der Waals surface area contributed by atoms with Gasteiger partial charge in [-0.3, -0.25) is 9.69 Å². The first-order valence-corrected chi connectivity index (χ1v) is 17.4. The quantitative estimate of drug-likeness (QED) is 0.265. The molecule has 1 aromatic heterocycles. The molecule has 0 spiro atoms. The summed E-state index contributed by atoms with van der Waals surface area (Å²) in [5.74, 6) is -2.85. The van der Waals surface area contributed by atoms with E-state index in [1.165, 1.54) is 0 Å². The van der Waals surface area contributed by atoms with E-state index in [9.17, 15) is 28.0 Å². The highest BCUT2D eigenvalue weighted by Crippen LogP contribution is 2.49. The summed E-state index contributed by atoms with van der Waals surface area (Å²) in [5.41, 5.74) is -1.06. The molecule has 1 unspecified atom stereocenters. The normalized spacial score (nSPS) is 28.2. The van der Waals surface area contributed by atoms with Crippen LogP contribution in [0.5, 0.6) is 5.88 Å². The van der Waals surface area contributed by atoms with Gasteiger partial charge in [0.1, 0.15) is 29.2 Å². The van der Waals surface area contributed by atoms with E-state index in [0.29, 0.717) is 29.4 Å². The molecule has 1 saturated carbocycles. The van der Waals surface area contributed by atoms with Crippen molar-refractivity contribution in [3.05, 3.63) is 60.2 Å². The molecule has 2 aliphatic heterocycles. The van der Waals surface area contributed by atoms with Crippen molar-refractivity contribution in [3.8, 4) is 17.1 Å². The van der Waals surface area contributed by atoms with Crippen molar-refractivity contribution in [2.45, 2.75) is 76.6 Å². The number of hydrogen-bond donors (Lipinski definition) is 2. The van der Waals surface area contributed by atoms with E-state index >= 15 is 0 Å². The average molecular weight is 720 g/mol. The zero-order valence-corrected chi connectivity index (χ0v) is 29.6. The van der Waals surface area contributed by atoms with Crippen LogP contribution in [0, 0.1) is 11.3 Å². The van der Waals surface area contributed by atoms with Crippen molar-refractivity contribution in [1.82, 2.24) is 25.5 Å². The number of halogens is 2. The van der Waals surface area contributed by atoms with E-state index < -0.39 is 59.0 Å². The zero-order chi connectivity index (χ0) is 37.3. The Bertz CT molecular complexity index is 1880. The van der Waals surface area contributed by atoms with Gasteiger partial charge in [0.2, 0.25) is 18.2 Å². The number of ether oxygens (including phenoxy) is 3. The number of rotatable bonds is 6. The topological polar surface area (TPSA) is 149 Å². The molecule has 3 heterocycles. The zero-order valence-electron chi connectivity index (χ0n) is 29.6. The molecular formula is C38H43F2N5O7. The number of carbonyl (C=O) groups excluding carboxylic acids is 4. The van der Waals surface area contributed by atoms with Crippen LogP contribution in [0.15, 0.2) is 54.6 Å². The minimum absolute atomic E-state index is 0.0321. The van der Waals surface area contributed by atoms with Gasteiger partial charge in [-0.15, -0.1) is 0 Å². The summed E-state index contributed by atoms with van der Waals surface area (Å²) in [7, 11) is 0. The summed E-state index contributed by atoms with van der Waals surface area (Å²) < 4.78 is 45.1. The number of para-hydroxylation sites is 2. The fourth-order valence-electron chi connectivity index (χ4n) is 6.87. The van der Waals surface area contributed by atoms with Gasteiger partial charge in [-0.2, -0.15) is 0 Å². The van der Waals surface area contributed by atoms with Gasteiger partial charge in [0.05, 0.1) is 36.2 Å². The highest BCUT2D eigenvalue weighted by atomic mass is 19.3. The number of hydrogen-bond acceptors (Lipinski definition) is 10. The number of alkyl halides is 2. The average Bonchev–Trinajstić information content (AvgIpc) is 3.71. The molecule has 1 aliphatic carbocycles. The maximum absolute atomic E-state index is 14.2. The Hall–Kier alpha value is -4.98. The molecule has 12 nitrogen and oxygen atoms in total. The summed E-state index contributed by atoms with van der Waals surface area (Å²) >= 11 is 0. The Kier molecular flexibility index (Phi) is 10.3. The molecule has 14 heteroatoms. The van der Waals surface area contributed by atoms with Crippen molar-refractivity contribution < 1.29 is 42.2 Å². The molecule has 2 amide bonds. The van der Waals surface area contributed by atoms with Crippen LogP contribution in [0.25, 0.3) is 28.4 Å². The lowest BCUT2D eigenvalue weighted by Gasteiger charge is -2.43. The number of carbonyl (C=O) groups is 4. The fourth-order valence-corrected chi connectivity index (χ4v) is 6.87. The van der Waals surface area contributed by atoms with Gasteiger partial charge in [-0.25, -0.2) is 28.3 Å². The van der Waals surface area contributed by atoms with Crippen molar-refractivity contribution in [1.29, 1.82) is 0 Å². The largest absolute Gasteiger partial charge is 0.471 e. The van der Waals surface area contributed by atoms with Crippen LogP contribution in [0.4, 0.5) is 13.6 Å². The number of benzene rings is 2. The van der Waals surface area contributed by atoms with Gasteiger partial charge >= 0.3 is 12.1 Å². The first-order chi connectivity index (χ1) is 24.8. The summed E-state index contributed by atoms with van der Waals surface area (Å²) in [6.45, 7) is 6.75. The standard InChI is InChI=1S/C38H43F2N5O7/c1-5-50-34(48)38(19-26(38)31(39)40)43-32(47)29-18-25-20-45(29)21-37(22-46,36(2,3)4)44-35(49)51-16-9-8-11-23-12-10-13-24(17-23)30-33(52-25)42-28-15-7-6-14-27(28)41-30/h6-8,10-15,17,22,25-26,29,31H,5,9,16,18-21H2,1-4H3,(H,43,47)(H,44,49)/b11-8+/t25-,26+,29+,37-,38-/m1/s1. The van der Waals surface area contributed by atoms with Crippen LogP contribution >= 0.6 is 0 Å². The van der Waals surface area contributed by atoms with E-state index in [1.54, 1.807) is 32.6 Å². The summed E-state index contributed by atoms with van der Waals surface area (Å²) in [6.07, 6.45) is 0.137. The van der Waals surface area contributed by atoms with Crippen LogP contribution in [0.3, 0.4) is 0 Å². The van der Waals surface area contributed by atoms with E-state index in [4.69, 9.17) is 24.2 Å². The molecule has 276 valence electrons. The van der Waals surface area contributed by atoms with Gasteiger partial charge in [0, 0.05) is 25.1 Å². The third kappa shape index (κ3) is 7.34. The first kappa shape index (κ1) is 36.8. The van der Waals surface area contributed by atoms with Crippen molar-refractivity contribution in [2.24, 2.45) is 11.3 Å². The highest BCUT2D eigenvalue weighted by Gasteiger charge is 2.67. The Morgan fingerprint density at radius 3 is 2.58 bits per heavy atom. The van der Waals surface area contributed by atoms with E-state index in [1.807, 2.05) is 60.7 Å². The van der Waals surface area contributed by atoms with E-state index in [-0.39, 0.29) is 45.0 Å². The third-order valence-electron chi connectivity index (χ3n) is 10.1. The molecule has 52 heavy (non-hydrogen) atoms. The van der Waals surface area contributed by atoms with Crippen molar-refractivity contribution in [3.63, 3.8) is 0 Å². The molecular weight excluding hydrogens is 676 g/mol. The van der Waals surface area contributed by atoms with Gasteiger partial charge in [-0.1, -0.05) is 63.3 Å². The predicted octanol–water partition coefficient (Wildman–Crippen LogP) is 4.95. The van der Waals surface area contributed by atoms with Crippen molar-refractivity contribution >= 4 is 41.4 Å². The fraction of sp³-hybridized carbons (Fsp3) is 0.474. The number of nitrogens with zero attached hydrogens (tertiary/aromatic N) is 3. The number of fused-ring (bicyclic) bond motifs is 7. The summed E-state index contributed by atoms with van der Waals surface area (Å²) in [6, 6.07) is 13.9. The van der Waals surface area contributed by atoms with Crippen molar-refractivity contribution in [2.75, 3.05) is 26.3 Å². The lowest BCUT2D eigenvalue weighted by molar-refractivity contribution is -0.150. The number of aldehydes is 1. The smallest absolute Gasteiger partial charge is 0.407 e. The third-order valence-corrected chi connectivity index (χ3v) is 10.1. The molecule has 0 radical (unpaired) electrons. The number of amides is 2. The molecule has 2 N–H and O–H groups in total. The maximum Gasteiger partial charge on any atom is 0.407 e. The molecule has 6 atom stereocenters. The summed E-state index contributed by atoms with van der Waals surface area (Å²) in [5, 5.41) is 5.36. The minimum Gasteiger partial charge on any atom is -0.471 e. The Morgan fingerprint density at radius 2 is 1.90 bits per heavy atom. The van der Waals surface area contributed by atoms with Gasteiger partial charge in [0.25, 0.3) is 0 Å². The molecule has 4 bridgehead atoms. The minimum atomic E-state index is -2.87. The lowest BCUT2D eigenvalue weighted by Crippen LogP contribution is -2.65. The molecule has 3 aliphatic rings. The van der Waals surface area contributed by atoms with Gasteiger partial charge in [0.15, 0.2) is 0 Å². The first-order valence-electron chi connectivity index (χ1n) is 17.4. The second kappa shape index (κ2) is 14.6. The Balaban J connectivity index is 1.42. The number of nitrogens with one attached hydrogen (secondary N) is 2. The number of cyclic esters (lactones) is 1. The number of aromatic nitrogens is 2. The highest BCUT2D eigenvalue weighted by molar-refractivity contribution is 5.93. The monoisotopic (exact) mass is 719 g/mol. The molecule has 3 aromatic rings. The second-order valence-corrected chi connectivity index (χ2v) is 14.5. The number of alkyl carbamates (subject to hydrolysis) is 1. The predicted molar refractivity (Wildman–Crippen MR) is 187 cm³/mol. The summed E-state index contributed by atoms with van der Waals surface area (Å²) in [4.78, 5) is 64.8. The molecule has 2 aromatic carbocycles. The molecule has 1 saturated heterocycles. The van der Waals surface area contributed by atoms with Crippen LogP contribution < -0.4 is 15.4 Å². The van der Waals surface area contributed by atoms with E-state index in [2.05, 4.69) is 10.6 Å². The molecule has 6 rings (SSSR count). The Labute approximate surface area is 300 Å². The SMILES string of the molecule is CCOC(=O)[C@@]1(NC(=O)[C@@H]2C[C@@H]3CN2C[C@@](C=O)(C(C)(C)C)NC(=O)OCC/C=C/c2cccc(c2)-c2nc4ccccc4nc2O3)C[C@H]1C(F)F. The van der Waals surface area contributed by atoms with Crippen LogP contribution in [0.2, 0.25) is 0 Å². The number of esters is 1. The molecule has 2 fully saturated rings. The Morgan fingerprint density at radius 1 is 1.15 bits per heavy atom. The second-order valence-electron chi connectivity index (χ2n) is 14.5. The van der Waals surface area contributed by atoms with Gasteiger partial charge < -0.3 is 29.6 Å². The maximum atomic E-state index is 14.2. The van der Waals surface area contributed by atoms with E-state index in [0.717, 1.165) is 11.1 Å². The van der Waals surface area contributed by atoms with Crippen LogP contribution in [-0.4, -0.2) is 95.1 Å². The van der Waals surface area contributed by atoms with Crippen LogP contribution in [0.1, 0.15) is 52.5 Å². The van der Waals surface area contributed by atoms with Gasteiger partial charge in [-0.05, 0) is 48.9 Å².